The van der Waals surface area contributed by atoms with Crippen molar-refractivity contribution < 1.29 is 36.3 Å². The number of benzene rings is 4. The van der Waals surface area contributed by atoms with Crippen LogP contribution in [0.15, 0.2) is 122 Å². The molecule has 5 aromatic rings. The number of para-hydroxylation sites is 2. The normalized spacial score (nSPS) is 16.7. The molecule has 0 saturated heterocycles. The molecule has 3 amide bonds. The number of carbonyl (C=O) groups is 3. The molecule has 0 atom stereocenters. The molecule has 4 aromatic carbocycles. The predicted octanol–water partition coefficient (Wildman–Crippen LogP) is 2.83. The number of nitrogens with zero attached hydrogens (tertiary/aromatic N) is 4. The molecule has 1 aromatic heterocycles. The average molecular weight is 797 g/mol. The van der Waals surface area contributed by atoms with E-state index in [2.05, 4.69) is 19.7 Å². The minimum Gasteiger partial charge on any atom is -0.492 e. The van der Waals surface area contributed by atoms with Gasteiger partial charge in [0.25, 0.3) is 37.8 Å². The molecule has 3 aliphatic heterocycles. The second-order valence-electron chi connectivity index (χ2n) is 12.0. The van der Waals surface area contributed by atoms with Crippen LogP contribution >= 0.6 is 23.1 Å². The van der Waals surface area contributed by atoms with Crippen LogP contribution in [0.25, 0.3) is 11.1 Å². The average Bonchev–Trinajstić information content (AvgIpc) is 3.86. The lowest BCUT2D eigenvalue weighted by atomic mass is 10.0. The molecule has 14 nitrogen and oxygen atoms in total. The van der Waals surface area contributed by atoms with Gasteiger partial charge in [0.1, 0.15) is 4.88 Å². The third-order valence-electron chi connectivity index (χ3n) is 8.70. The van der Waals surface area contributed by atoms with Crippen LogP contribution in [0.2, 0.25) is 0 Å². The Morgan fingerprint density at radius 1 is 0.741 bits per heavy atom. The number of nitrogens with two attached hydrogens (primary N) is 1. The highest BCUT2D eigenvalue weighted by Crippen LogP contribution is 2.45. The summed E-state index contributed by atoms with van der Waals surface area (Å²) in [5, 5.41) is 11.3. The number of hydrogen-bond acceptors (Lipinski definition) is 12. The van der Waals surface area contributed by atoms with E-state index in [1.807, 2.05) is 0 Å². The molecule has 0 fully saturated rings. The number of aryl methyl sites for hydroxylation is 2. The van der Waals surface area contributed by atoms with E-state index in [9.17, 15) is 36.3 Å². The number of aromatic hydroxyl groups is 1. The van der Waals surface area contributed by atoms with Gasteiger partial charge >= 0.3 is 0 Å². The van der Waals surface area contributed by atoms with Gasteiger partial charge in [0.15, 0.2) is 5.17 Å². The molecule has 0 aliphatic carbocycles. The van der Waals surface area contributed by atoms with Gasteiger partial charge in [0.05, 0.1) is 36.9 Å². The predicted molar refractivity (Wildman–Crippen MR) is 202 cm³/mol. The maximum absolute atomic E-state index is 13.8. The van der Waals surface area contributed by atoms with Crippen LogP contribution in [0.5, 0.6) is 5.88 Å². The van der Waals surface area contributed by atoms with E-state index in [0.717, 1.165) is 34.2 Å². The Labute approximate surface area is 315 Å². The van der Waals surface area contributed by atoms with Gasteiger partial charge < -0.3 is 10.8 Å². The zero-order valence-electron chi connectivity index (χ0n) is 27.5. The zero-order valence-corrected chi connectivity index (χ0v) is 30.7. The van der Waals surface area contributed by atoms with Gasteiger partial charge in [-0.3, -0.25) is 19.1 Å². The molecule has 8 rings (SSSR count). The lowest BCUT2D eigenvalue weighted by Crippen LogP contribution is -2.33. The Morgan fingerprint density at radius 3 is 2.04 bits per heavy atom. The number of carbonyl (C=O) groups excluding carboxylic acids is 3. The zero-order chi connectivity index (χ0) is 37.9. The Balaban J connectivity index is 0.943. The smallest absolute Gasteiger partial charge is 0.287 e. The number of aromatic nitrogens is 1. The number of amides is 3. The first-order valence-corrected chi connectivity index (χ1v) is 20.5. The largest absolute Gasteiger partial charge is 0.492 e. The number of rotatable bonds is 9. The molecule has 54 heavy (non-hydrogen) atoms. The fourth-order valence-electron chi connectivity index (χ4n) is 6.16. The lowest BCUT2D eigenvalue weighted by molar-refractivity contribution is -0.114. The number of hydrogen-bond donors (Lipinski definition) is 3. The molecule has 0 radical (unpaired) electrons. The first-order chi connectivity index (χ1) is 25.8. The van der Waals surface area contributed by atoms with Crippen molar-refractivity contribution in [1.29, 1.82) is 0 Å². The molecule has 18 heteroatoms. The minimum atomic E-state index is -4.38. The Kier molecular flexibility index (Phi) is 8.56. The summed E-state index contributed by atoms with van der Waals surface area (Å²) in [4.78, 5) is 50.1. The van der Waals surface area contributed by atoms with E-state index in [0.29, 0.717) is 27.7 Å². The number of sulfonamides is 2. The van der Waals surface area contributed by atoms with E-state index < -0.39 is 43.6 Å². The SMILES string of the molecule is NC1=NC(=O)/C(=C2/C(=O)N(S(=O)(=O)c3ccc(CCc4ccc(S(=O)(=O)Nc5nc(O)c(C6=c7ccccc7=NC6=O)s5)cc4)cc3)c3ccccc32)S1. The fraction of sp³-hybridized carbons (Fsp3) is 0.0556. The van der Waals surface area contributed by atoms with E-state index in [-0.39, 0.29) is 52.3 Å². The van der Waals surface area contributed by atoms with Crippen LogP contribution in [-0.2, 0) is 47.3 Å². The quantitative estimate of drug-likeness (QED) is 0.184. The van der Waals surface area contributed by atoms with Crippen molar-refractivity contribution in [3.63, 3.8) is 0 Å². The van der Waals surface area contributed by atoms with Crippen molar-refractivity contribution in [2.45, 2.75) is 22.6 Å². The van der Waals surface area contributed by atoms with Crippen LogP contribution in [0.3, 0.4) is 0 Å². The molecule has 4 heterocycles. The molecule has 0 saturated carbocycles. The number of anilines is 2. The number of nitrogens with one attached hydrogen (secondary N) is 1. The molecule has 0 unspecified atom stereocenters. The third-order valence-corrected chi connectivity index (χ3v) is 13.8. The maximum Gasteiger partial charge on any atom is 0.287 e. The number of amidine groups is 1. The van der Waals surface area contributed by atoms with Crippen molar-refractivity contribution in [3.05, 3.63) is 134 Å². The summed E-state index contributed by atoms with van der Waals surface area (Å²) in [5.74, 6) is -2.63. The summed E-state index contributed by atoms with van der Waals surface area (Å²) in [6, 6.07) is 25.3. The minimum absolute atomic E-state index is 0.0329. The summed E-state index contributed by atoms with van der Waals surface area (Å²) in [7, 11) is -8.49. The molecular weight excluding hydrogens is 773 g/mol. The highest BCUT2D eigenvalue weighted by atomic mass is 32.2. The third kappa shape index (κ3) is 6.07. The van der Waals surface area contributed by atoms with E-state index in [1.54, 1.807) is 66.7 Å². The van der Waals surface area contributed by atoms with Crippen molar-refractivity contribution in [3.8, 4) is 5.88 Å². The van der Waals surface area contributed by atoms with E-state index in [1.165, 1.54) is 30.3 Å². The molecule has 4 N–H and O–H groups in total. The van der Waals surface area contributed by atoms with Crippen LogP contribution in [0.4, 0.5) is 10.8 Å². The van der Waals surface area contributed by atoms with Crippen LogP contribution in [0.1, 0.15) is 21.6 Å². The topological polar surface area (TPSA) is 219 Å². The highest BCUT2D eigenvalue weighted by molar-refractivity contribution is 8.18. The first kappa shape index (κ1) is 35.1. The van der Waals surface area contributed by atoms with Gasteiger partial charge in [-0.1, -0.05) is 72.0 Å². The highest BCUT2D eigenvalue weighted by Gasteiger charge is 2.44. The van der Waals surface area contributed by atoms with Crippen molar-refractivity contribution >= 4 is 88.0 Å². The lowest BCUT2D eigenvalue weighted by Gasteiger charge is -2.17. The van der Waals surface area contributed by atoms with Gasteiger partial charge in [-0.05, 0) is 72.1 Å². The summed E-state index contributed by atoms with van der Waals surface area (Å²) >= 11 is 1.63. The number of fused-ring (bicyclic) bond motifs is 2. The molecular formula is C36H24N6O8S4. The Hall–Kier alpha value is -5.95. The summed E-state index contributed by atoms with van der Waals surface area (Å²) in [5.41, 5.74) is 7.76. The van der Waals surface area contributed by atoms with Crippen LogP contribution in [-0.4, -0.2) is 49.8 Å². The second-order valence-corrected chi connectivity index (χ2v) is 17.5. The van der Waals surface area contributed by atoms with Crippen LogP contribution < -0.4 is 25.3 Å². The summed E-state index contributed by atoms with van der Waals surface area (Å²) in [6.45, 7) is 0. The number of thiazole rings is 1. The molecule has 0 spiro atoms. The first-order valence-electron chi connectivity index (χ1n) is 15.9. The number of thioether (sulfide) groups is 1. The Bertz CT molecular complexity index is 2890. The van der Waals surface area contributed by atoms with Gasteiger partial charge in [0, 0.05) is 10.8 Å². The summed E-state index contributed by atoms with van der Waals surface area (Å²) < 4.78 is 57.1. The summed E-state index contributed by atoms with van der Waals surface area (Å²) in [6.07, 6.45) is 0.982. The maximum atomic E-state index is 13.8. The van der Waals surface area contributed by atoms with E-state index >= 15 is 0 Å². The van der Waals surface area contributed by atoms with Gasteiger partial charge in [-0.25, -0.2) is 21.8 Å². The van der Waals surface area contributed by atoms with Crippen molar-refractivity contribution in [1.82, 2.24) is 4.98 Å². The van der Waals surface area contributed by atoms with E-state index in [4.69, 9.17) is 5.73 Å². The Morgan fingerprint density at radius 2 is 1.37 bits per heavy atom. The van der Waals surface area contributed by atoms with Crippen molar-refractivity contribution in [2.24, 2.45) is 15.7 Å². The van der Waals surface area contributed by atoms with Crippen molar-refractivity contribution in [2.75, 3.05) is 9.03 Å². The molecule has 0 bridgehead atoms. The standard InChI is InChI=1S/C36H24N6O8S4/c37-35-39-32(44)30(51-35)28-24-6-2-4-8-26(24)42(34(28)46)54(49,50)22-17-13-20(14-18-22)10-9-19-11-15-21(16-12-19)53(47,48)41-36-40-33(45)29(52-36)27-23-5-1-3-7-25(23)38-31(27)43/h1-8,11-18,45H,9-10H2,(H,40,41)(H2,37,39,44)/b30-28-. The number of aliphatic imine (C=N–C) groups is 1. The van der Waals surface area contributed by atoms with Gasteiger partial charge in [-0.2, -0.15) is 14.3 Å². The second kappa shape index (κ2) is 13.2. The molecule has 3 aliphatic rings. The monoisotopic (exact) mass is 796 g/mol. The van der Waals surface area contributed by atoms with Crippen LogP contribution in [0, 0.1) is 0 Å². The molecule has 270 valence electrons. The van der Waals surface area contributed by atoms with Gasteiger partial charge in [0.2, 0.25) is 11.0 Å². The van der Waals surface area contributed by atoms with Gasteiger partial charge in [-0.15, -0.1) is 0 Å². The fourth-order valence-corrected chi connectivity index (χ4v) is 10.5.